The van der Waals surface area contributed by atoms with E-state index in [-0.39, 0.29) is 10.8 Å². The zero-order chi connectivity index (χ0) is 29.8. The van der Waals surface area contributed by atoms with Crippen molar-refractivity contribution in [3.8, 4) is 33.8 Å². The summed E-state index contributed by atoms with van der Waals surface area (Å²) < 4.78 is 6.47. The molecule has 0 amide bonds. The van der Waals surface area contributed by atoms with E-state index >= 15 is 0 Å². The van der Waals surface area contributed by atoms with Gasteiger partial charge in [0.05, 0.1) is 11.4 Å². The maximum Gasteiger partial charge on any atom is 0.151 e. The first-order valence-corrected chi connectivity index (χ1v) is 14.9. The normalized spacial score (nSPS) is 12.9. The van der Waals surface area contributed by atoms with Gasteiger partial charge in [0.1, 0.15) is 0 Å². The molecule has 2 heteroatoms. The summed E-state index contributed by atoms with van der Waals surface area (Å²) >= 11 is 0. The van der Waals surface area contributed by atoms with Crippen molar-refractivity contribution in [3.05, 3.63) is 125 Å². The van der Waals surface area contributed by atoms with Crippen molar-refractivity contribution in [3.63, 3.8) is 0 Å². The van der Waals surface area contributed by atoms with Gasteiger partial charge < -0.3 is 9.64 Å². The molecule has 0 N–H and O–H groups in total. The van der Waals surface area contributed by atoms with Crippen LogP contribution in [0.5, 0.6) is 11.5 Å². The fraction of sp³-hybridized carbons (Fsp3) is 0.250. The lowest BCUT2D eigenvalue weighted by Gasteiger charge is -2.34. The number of fused-ring (bicyclic) bond motifs is 2. The highest BCUT2D eigenvalue weighted by Gasteiger charge is 2.27. The van der Waals surface area contributed by atoms with E-state index in [1.807, 2.05) is 0 Å². The summed E-state index contributed by atoms with van der Waals surface area (Å²) in [5, 5.41) is 0. The fourth-order valence-corrected chi connectivity index (χ4v) is 5.70. The molecule has 0 aromatic heterocycles. The van der Waals surface area contributed by atoms with Crippen LogP contribution in [0.3, 0.4) is 0 Å². The van der Waals surface area contributed by atoms with Crippen LogP contribution >= 0.6 is 0 Å². The summed E-state index contributed by atoms with van der Waals surface area (Å²) in [5.74, 6) is 1.76. The molecule has 1 heterocycles. The van der Waals surface area contributed by atoms with E-state index in [1.165, 1.54) is 44.5 Å². The van der Waals surface area contributed by atoms with Gasteiger partial charge in [-0.2, -0.15) is 0 Å². The summed E-state index contributed by atoms with van der Waals surface area (Å²) in [6, 6.07) is 38.0. The van der Waals surface area contributed by atoms with E-state index in [2.05, 4.69) is 163 Å². The molecule has 42 heavy (non-hydrogen) atoms. The van der Waals surface area contributed by atoms with E-state index < -0.39 is 0 Å². The second-order valence-electron chi connectivity index (χ2n) is 13.8. The Labute approximate surface area is 251 Å². The van der Waals surface area contributed by atoms with Gasteiger partial charge in [0.2, 0.25) is 0 Å². The van der Waals surface area contributed by atoms with Gasteiger partial charge >= 0.3 is 0 Å². The summed E-state index contributed by atoms with van der Waals surface area (Å²) in [6.07, 6.45) is 0. The summed E-state index contributed by atoms with van der Waals surface area (Å²) in [4.78, 5) is 2.35. The van der Waals surface area contributed by atoms with E-state index in [0.717, 1.165) is 28.6 Å². The van der Waals surface area contributed by atoms with Gasteiger partial charge in [0.15, 0.2) is 11.5 Å². The molecule has 5 aromatic carbocycles. The van der Waals surface area contributed by atoms with E-state index in [0.29, 0.717) is 0 Å². The molecule has 0 atom stereocenters. The maximum absolute atomic E-state index is 6.47. The topological polar surface area (TPSA) is 12.5 Å². The Kier molecular flexibility index (Phi) is 6.77. The molecule has 0 unspecified atom stereocenters. The van der Waals surface area contributed by atoms with Crippen molar-refractivity contribution in [1.82, 2.24) is 0 Å². The Morgan fingerprint density at radius 1 is 0.452 bits per heavy atom. The minimum atomic E-state index is 0.109. The monoisotopic (exact) mass is 551 g/mol. The largest absolute Gasteiger partial charge is 0.453 e. The number of benzene rings is 5. The van der Waals surface area contributed by atoms with Gasteiger partial charge in [-0.25, -0.2) is 0 Å². The van der Waals surface area contributed by atoms with Gasteiger partial charge in [0, 0.05) is 5.69 Å². The number of hydrogen-bond acceptors (Lipinski definition) is 2. The molecule has 0 saturated carbocycles. The van der Waals surface area contributed by atoms with Crippen LogP contribution in [0.25, 0.3) is 22.3 Å². The average Bonchev–Trinajstić information content (AvgIpc) is 2.94. The lowest BCUT2D eigenvalue weighted by Crippen LogP contribution is -2.16. The molecule has 0 spiro atoms. The molecule has 0 fully saturated rings. The van der Waals surface area contributed by atoms with Gasteiger partial charge in [-0.3, -0.25) is 0 Å². The third-order valence-electron chi connectivity index (χ3n) is 8.28. The molecule has 212 valence electrons. The quantitative estimate of drug-likeness (QED) is 0.217. The molecule has 1 aliphatic heterocycles. The third kappa shape index (κ3) is 5.34. The molecule has 2 nitrogen and oxygen atoms in total. The zero-order valence-corrected chi connectivity index (χ0v) is 26.2. The first-order chi connectivity index (χ1) is 19.9. The van der Waals surface area contributed by atoms with Crippen LogP contribution in [0.15, 0.2) is 103 Å². The molecule has 0 radical (unpaired) electrons. The van der Waals surface area contributed by atoms with E-state index in [4.69, 9.17) is 4.74 Å². The van der Waals surface area contributed by atoms with Crippen molar-refractivity contribution < 1.29 is 4.74 Å². The molecule has 5 aromatic rings. The minimum Gasteiger partial charge on any atom is -0.453 e. The highest BCUT2D eigenvalue weighted by molar-refractivity contribution is 5.90. The number of anilines is 3. The maximum atomic E-state index is 6.47. The average molecular weight is 552 g/mol. The smallest absolute Gasteiger partial charge is 0.151 e. The van der Waals surface area contributed by atoms with E-state index in [1.54, 1.807) is 0 Å². The third-order valence-corrected chi connectivity index (χ3v) is 8.28. The first-order valence-electron chi connectivity index (χ1n) is 14.9. The lowest BCUT2D eigenvalue weighted by molar-refractivity contribution is 0.476. The Bertz CT molecular complexity index is 1640. The number of nitrogens with zero attached hydrogens (tertiary/aromatic N) is 1. The Morgan fingerprint density at radius 3 is 1.24 bits per heavy atom. The van der Waals surface area contributed by atoms with Crippen molar-refractivity contribution in [2.24, 2.45) is 0 Å². The Morgan fingerprint density at radius 2 is 0.857 bits per heavy atom. The number of hydrogen-bond donors (Lipinski definition) is 0. The predicted molar refractivity (Wildman–Crippen MR) is 179 cm³/mol. The number of ether oxygens (including phenoxy) is 1. The van der Waals surface area contributed by atoms with Gasteiger partial charge in [-0.1, -0.05) is 102 Å². The standard InChI is InChI=1S/C40H41NO/c1-26-9-19-35-37(21-26)42-38-22-27(2)10-20-36(38)41(35)34-24-30(28-11-15-32(16-12-28)39(3,4)5)23-31(25-34)29-13-17-33(18-14-29)40(6,7)8/h9-25H,1-8H3. The van der Waals surface area contributed by atoms with Crippen LogP contribution in [0.1, 0.15) is 63.8 Å². The highest BCUT2D eigenvalue weighted by atomic mass is 16.5. The molecule has 0 aliphatic carbocycles. The second kappa shape index (κ2) is 10.2. The van der Waals surface area contributed by atoms with Crippen LogP contribution in [0.4, 0.5) is 17.1 Å². The van der Waals surface area contributed by atoms with Crippen molar-refractivity contribution in [2.45, 2.75) is 66.2 Å². The highest BCUT2D eigenvalue weighted by Crippen LogP contribution is 2.52. The van der Waals surface area contributed by atoms with Crippen molar-refractivity contribution in [2.75, 3.05) is 4.90 Å². The van der Waals surface area contributed by atoms with Crippen LogP contribution in [0.2, 0.25) is 0 Å². The minimum absolute atomic E-state index is 0.109. The molecule has 6 rings (SSSR count). The van der Waals surface area contributed by atoms with Crippen LogP contribution < -0.4 is 9.64 Å². The number of rotatable bonds is 3. The Balaban J connectivity index is 1.56. The molecular formula is C40H41NO. The van der Waals surface area contributed by atoms with Crippen LogP contribution in [-0.2, 0) is 10.8 Å². The van der Waals surface area contributed by atoms with Gasteiger partial charge in [0.25, 0.3) is 0 Å². The van der Waals surface area contributed by atoms with Gasteiger partial charge in [-0.05, 0) is 112 Å². The first kappa shape index (κ1) is 27.8. The molecule has 0 saturated heterocycles. The van der Waals surface area contributed by atoms with Crippen molar-refractivity contribution in [1.29, 1.82) is 0 Å². The van der Waals surface area contributed by atoms with Crippen LogP contribution in [-0.4, -0.2) is 0 Å². The summed E-state index contributed by atoms with van der Waals surface area (Å²) in [6.45, 7) is 17.8. The second-order valence-corrected chi connectivity index (χ2v) is 13.8. The molecule has 0 bridgehead atoms. The summed E-state index contributed by atoms with van der Waals surface area (Å²) in [5.41, 5.74) is 13.2. The molecule has 1 aliphatic rings. The zero-order valence-electron chi connectivity index (χ0n) is 26.2. The SMILES string of the molecule is Cc1ccc2c(c1)Oc1cc(C)ccc1N2c1cc(-c2ccc(C(C)(C)C)cc2)cc(-c2ccc(C(C)(C)C)cc2)c1. The molecular weight excluding hydrogens is 510 g/mol. The van der Waals surface area contributed by atoms with E-state index in [9.17, 15) is 0 Å². The predicted octanol–water partition coefficient (Wildman–Crippen LogP) is 11.8. The summed E-state index contributed by atoms with van der Waals surface area (Å²) in [7, 11) is 0. The Hall–Kier alpha value is -4.30. The fourth-order valence-electron chi connectivity index (χ4n) is 5.70. The number of aryl methyl sites for hydroxylation is 2. The van der Waals surface area contributed by atoms with Gasteiger partial charge in [-0.15, -0.1) is 0 Å². The lowest BCUT2D eigenvalue weighted by atomic mass is 9.85. The van der Waals surface area contributed by atoms with Crippen LogP contribution in [0, 0.1) is 13.8 Å². The van der Waals surface area contributed by atoms with Crippen molar-refractivity contribution >= 4 is 17.1 Å².